The number of hydrogen-bond acceptors (Lipinski definition) is 5. The molecule has 0 aliphatic heterocycles. The zero-order valence-corrected chi connectivity index (χ0v) is 32.5. The van der Waals surface area contributed by atoms with Gasteiger partial charge in [0.1, 0.15) is 11.5 Å². The molecule has 0 spiro atoms. The Bertz CT molecular complexity index is 1640. The summed E-state index contributed by atoms with van der Waals surface area (Å²) in [5.41, 5.74) is 4.15. The quantitative estimate of drug-likeness (QED) is 0.237. The van der Waals surface area contributed by atoms with Crippen molar-refractivity contribution in [2.45, 2.75) is 132 Å². The highest BCUT2D eigenvalue weighted by atomic mass is 16.4. The average Bonchev–Trinajstić information content (AvgIpc) is 3.61. The van der Waals surface area contributed by atoms with E-state index in [0.717, 1.165) is 49.8 Å². The number of Topliss-reactive ketones (excluding diaryl/α,β-unsaturated/α-hetero) is 2. The molecule has 6 aliphatic carbocycles. The highest BCUT2D eigenvalue weighted by Crippen LogP contribution is 2.74. The van der Waals surface area contributed by atoms with Crippen LogP contribution in [0.4, 0.5) is 0 Å². The zero-order valence-electron chi connectivity index (χ0n) is 32.5. The second-order valence-electron chi connectivity index (χ2n) is 19.7. The van der Waals surface area contributed by atoms with E-state index in [-0.39, 0.29) is 51.2 Å². The Hall–Kier alpha value is -2.77. The Balaban J connectivity index is 1.09. The molecule has 1 heterocycles. The minimum absolute atomic E-state index is 0.0476. The third kappa shape index (κ3) is 5.61. The number of allylic oxidation sites excluding steroid dienone is 2. The van der Waals surface area contributed by atoms with Crippen molar-refractivity contribution in [2.24, 2.45) is 74.9 Å². The van der Waals surface area contributed by atoms with Crippen LogP contribution in [0.1, 0.15) is 142 Å². The van der Waals surface area contributed by atoms with Gasteiger partial charge in [0.2, 0.25) is 0 Å². The molecule has 11 atom stereocenters. The minimum atomic E-state index is -0.759. The lowest BCUT2D eigenvalue weighted by molar-refractivity contribution is -0.193. The van der Waals surface area contributed by atoms with Gasteiger partial charge < -0.3 is 10.4 Å². The van der Waals surface area contributed by atoms with Crippen LogP contribution in [-0.4, -0.2) is 45.3 Å². The largest absolute Gasteiger partial charge is 0.481 e. The monoisotopic (exact) mass is 701 g/mol. The first-order valence-corrected chi connectivity index (χ1v) is 20.3. The van der Waals surface area contributed by atoms with Crippen molar-refractivity contribution in [1.82, 2.24) is 15.5 Å². The van der Waals surface area contributed by atoms with Gasteiger partial charge in [-0.15, -0.1) is 0 Å². The Morgan fingerprint density at radius 2 is 1.71 bits per heavy atom. The molecule has 1 amide bonds. The fourth-order valence-electron chi connectivity index (χ4n) is 14.2. The number of carbonyl (C=O) groups excluding carboxylic acids is 3. The van der Waals surface area contributed by atoms with E-state index in [4.69, 9.17) is 0 Å². The Morgan fingerprint density at radius 3 is 2.35 bits per heavy atom. The number of fused-ring (bicyclic) bond motifs is 7. The topological polar surface area (TPSA) is 129 Å². The third-order valence-corrected chi connectivity index (χ3v) is 16.8. The van der Waals surface area contributed by atoms with Crippen molar-refractivity contribution in [1.29, 1.82) is 0 Å². The van der Waals surface area contributed by atoms with Gasteiger partial charge in [0.25, 0.3) is 5.91 Å². The van der Waals surface area contributed by atoms with Crippen LogP contribution in [-0.2, 0) is 14.4 Å². The van der Waals surface area contributed by atoms with Crippen LogP contribution in [0, 0.1) is 81.8 Å². The summed E-state index contributed by atoms with van der Waals surface area (Å²) >= 11 is 0. The molecule has 5 fully saturated rings. The molecular formula is C43H63N3O5. The first kappa shape index (κ1) is 36.6. The van der Waals surface area contributed by atoms with Crippen molar-refractivity contribution in [2.75, 3.05) is 6.54 Å². The van der Waals surface area contributed by atoms with Gasteiger partial charge in [-0.3, -0.25) is 24.3 Å². The van der Waals surface area contributed by atoms with Gasteiger partial charge in [-0.2, -0.15) is 5.10 Å². The van der Waals surface area contributed by atoms with E-state index >= 15 is 0 Å². The van der Waals surface area contributed by atoms with Crippen molar-refractivity contribution in [3.63, 3.8) is 0 Å². The molecule has 0 aromatic carbocycles. The SMILES string of the molecule is Cc1cc(C(=O)NCCC23CCC4C(CCC5C4(C)CCC4C(C)(C)C(CC(=O)C6CC(C(=O)O)C6C)CCC45C)C2=C(C(C)C)C(=O)C3)n[nH]1. The molecule has 7 rings (SSSR count). The van der Waals surface area contributed by atoms with Crippen LogP contribution >= 0.6 is 0 Å². The molecule has 0 radical (unpaired) electrons. The molecule has 3 N–H and O–H groups in total. The molecule has 1 aromatic rings. The molecule has 5 saturated carbocycles. The summed E-state index contributed by atoms with van der Waals surface area (Å²) in [6.45, 7) is 18.9. The Morgan fingerprint density at radius 1 is 0.980 bits per heavy atom. The summed E-state index contributed by atoms with van der Waals surface area (Å²) in [6.07, 6.45) is 11.6. The third-order valence-electron chi connectivity index (χ3n) is 16.8. The molecule has 11 unspecified atom stereocenters. The van der Waals surface area contributed by atoms with Gasteiger partial charge in [0, 0.05) is 36.4 Å². The number of aromatic nitrogens is 2. The second-order valence-corrected chi connectivity index (χ2v) is 19.7. The maximum absolute atomic E-state index is 13.9. The number of amides is 1. The number of hydrogen-bond donors (Lipinski definition) is 3. The molecular weight excluding hydrogens is 638 g/mol. The highest BCUT2D eigenvalue weighted by molar-refractivity contribution is 6.00. The van der Waals surface area contributed by atoms with Gasteiger partial charge in [-0.1, -0.05) is 54.0 Å². The van der Waals surface area contributed by atoms with E-state index in [2.05, 4.69) is 57.1 Å². The van der Waals surface area contributed by atoms with Gasteiger partial charge in [-0.05, 0) is 140 Å². The van der Waals surface area contributed by atoms with Gasteiger partial charge >= 0.3 is 5.97 Å². The fourth-order valence-corrected chi connectivity index (χ4v) is 14.2. The zero-order chi connectivity index (χ0) is 36.8. The van der Waals surface area contributed by atoms with Crippen molar-refractivity contribution < 1.29 is 24.3 Å². The number of nitrogens with zero attached hydrogens (tertiary/aromatic N) is 1. The molecule has 8 nitrogen and oxygen atoms in total. The van der Waals surface area contributed by atoms with Crippen molar-refractivity contribution in [3.05, 3.63) is 28.6 Å². The Kier molecular flexibility index (Phi) is 9.09. The van der Waals surface area contributed by atoms with Gasteiger partial charge in [-0.25, -0.2) is 0 Å². The van der Waals surface area contributed by atoms with Crippen LogP contribution in [0.3, 0.4) is 0 Å². The number of ketones is 2. The van der Waals surface area contributed by atoms with Crippen molar-refractivity contribution in [3.8, 4) is 0 Å². The summed E-state index contributed by atoms with van der Waals surface area (Å²) in [5.74, 6) is 1.89. The normalized spacial score (nSPS) is 41.2. The molecule has 6 aliphatic rings. The molecule has 8 heteroatoms. The summed E-state index contributed by atoms with van der Waals surface area (Å²) in [6, 6.07) is 1.77. The van der Waals surface area contributed by atoms with E-state index in [1.165, 1.54) is 24.8 Å². The number of aliphatic carboxylic acids is 1. The number of aromatic amines is 1. The predicted molar refractivity (Wildman–Crippen MR) is 197 cm³/mol. The molecule has 0 saturated heterocycles. The smallest absolute Gasteiger partial charge is 0.306 e. The lowest BCUT2D eigenvalue weighted by Gasteiger charge is -2.69. The van der Waals surface area contributed by atoms with E-state index in [0.29, 0.717) is 72.7 Å². The summed E-state index contributed by atoms with van der Waals surface area (Å²) in [7, 11) is 0. The average molecular weight is 702 g/mol. The highest BCUT2D eigenvalue weighted by Gasteiger charge is 2.66. The first-order chi connectivity index (χ1) is 23.9. The number of carboxylic acid groups (broad SMARTS) is 1. The molecule has 1 aromatic heterocycles. The predicted octanol–water partition coefficient (Wildman–Crippen LogP) is 8.36. The van der Waals surface area contributed by atoms with Crippen LogP contribution < -0.4 is 5.32 Å². The van der Waals surface area contributed by atoms with E-state index < -0.39 is 5.97 Å². The summed E-state index contributed by atoms with van der Waals surface area (Å²) in [5, 5.41) is 19.6. The summed E-state index contributed by atoms with van der Waals surface area (Å²) in [4.78, 5) is 51.9. The van der Waals surface area contributed by atoms with Crippen LogP contribution in [0.25, 0.3) is 0 Å². The lowest BCUT2D eigenvalue weighted by Crippen LogP contribution is -2.62. The standard InChI is InChI=1S/C43H63N3O5/c1-23(2)36-33(48)22-43(17-18-44-38(49)31-19-24(3)45-46-31)16-12-30-27(37(36)43)9-10-35-41(30,7)15-13-34-40(5,6)26(11-14-42(34,35)8)20-32(47)28-21-29(25(28)4)39(50)51/h19,23,25-30,34-35H,9-18,20-22H2,1-8H3,(H,44,49)(H,45,46)(H,50,51). The maximum atomic E-state index is 13.9. The van der Waals surface area contributed by atoms with Crippen LogP contribution in [0.2, 0.25) is 0 Å². The van der Waals surface area contributed by atoms with E-state index in [1.807, 2.05) is 13.8 Å². The summed E-state index contributed by atoms with van der Waals surface area (Å²) < 4.78 is 0. The molecule has 0 bridgehead atoms. The lowest BCUT2D eigenvalue weighted by atomic mass is 9.35. The maximum Gasteiger partial charge on any atom is 0.306 e. The van der Waals surface area contributed by atoms with E-state index in [9.17, 15) is 24.3 Å². The van der Waals surface area contributed by atoms with Gasteiger partial charge in [0.05, 0.1) is 5.92 Å². The molecule has 280 valence electrons. The fraction of sp³-hybridized carbons (Fsp3) is 0.791. The number of nitrogens with one attached hydrogen (secondary N) is 2. The van der Waals surface area contributed by atoms with E-state index in [1.54, 1.807) is 6.07 Å². The van der Waals surface area contributed by atoms with Crippen molar-refractivity contribution >= 4 is 23.4 Å². The Labute approximate surface area is 305 Å². The number of carboxylic acids is 1. The van der Waals surface area contributed by atoms with Crippen LogP contribution in [0.5, 0.6) is 0 Å². The number of carbonyl (C=O) groups is 4. The van der Waals surface area contributed by atoms with Crippen LogP contribution in [0.15, 0.2) is 17.2 Å². The number of aryl methyl sites for hydroxylation is 1. The number of H-pyrrole nitrogens is 1. The second kappa shape index (κ2) is 12.7. The number of rotatable bonds is 9. The first-order valence-electron chi connectivity index (χ1n) is 20.3. The molecule has 51 heavy (non-hydrogen) atoms. The van der Waals surface area contributed by atoms with Gasteiger partial charge in [0.15, 0.2) is 5.78 Å². The minimum Gasteiger partial charge on any atom is -0.481 e.